The van der Waals surface area contributed by atoms with Crippen molar-refractivity contribution in [1.82, 2.24) is 0 Å². The lowest BCUT2D eigenvalue weighted by Gasteiger charge is -2.25. The molecule has 4 heteroatoms. The average molecular weight is 298 g/mol. The van der Waals surface area contributed by atoms with Crippen LogP contribution < -0.4 is 0 Å². The van der Waals surface area contributed by atoms with Gasteiger partial charge in [-0.1, -0.05) is 41.4 Å². The number of hydrogen-bond acceptors (Lipinski definition) is 0. The van der Waals surface area contributed by atoms with Crippen molar-refractivity contribution in [2.24, 2.45) is 0 Å². The second kappa shape index (κ2) is 4.79. The largest absolute Gasteiger partial charge is 0.204 e. The Morgan fingerprint density at radius 1 is 1.27 bits per heavy atom. The van der Waals surface area contributed by atoms with Crippen LogP contribution in [0.4, 0.5) is 8.78 Å². The topological polar surface area (TPSA) is 0 Å². The van der Waals surface area contributed by atoms with Crippen LogP contribution in [0.25, 0.3) is 0 Å². The first-order valence-electron chi connectivity index (χ1n) is 4.59. The average Bonchev–Trinajstić information content (AvgIpc) is 2.11. The van der Waals surface area contributed by atoms with Gasteiger partial charge in [0.15, 0.2) is 11.6 Å². The van der Waals surface area contributed by atoms with Crippen LogP contribution in [0.3, 0.4) is 0 Å². The van der Waals surface area contributed by atoms with Gasteiger partial charge in [0.1, 0.15) is 0 Å². The maximum Gasteiger partial charge on any atom is 0.160 e. The van der Waals surface area contributed by atoms with Crippen molar-refractivity contribution in [3.8, 4) is 0 Å². The first kappa shape index (κ1) is 12.9. The van der Waals surface area contributed by atoms with E-state index >= 15 is 0 Å². The predicted octanol–water partition coefficient (Wildman–Crippen LogP) is 4.68. The molecule has 0 saturated carbocycles. The van der Waals surface area contributed by atoms with Crippen molar-refractivity contribution in [3.63, 3.8) is 0 Å². The van der Waals surface area contributed by atoms with E-state index in [1.165, 1.54) is 6.07 Å². The molecule has 15 heavy (non-hydrogen) atoms. The van der Waals surface area contributed by atoms with Gasteiger partial charge in [-0.2, -0.15) is 0 Å². The molecule has 0 aliphatic heterocycles. The van der Waals surface area contributed by atoms with Gasteiger partial charge >= 0.3 is 0 Å². The van der Waals surface area contributed by atoms with E-state index in [1.807, 2.05) is 13.8 Å². The van der Waals surface area contributed by atoms with Gasteiger partial charge in [-0.05, 0) is 29.5 Å². The number of rotatable bonds is 3. The SMILES string of the molecule is CC(C)(CCBr)c1cc(F)c(F)cc1Cl. The highest BCUT2D eigenvalue weighted by molar-refractivity contribution is 9.09. The third-order valence-electron chi connectivity index (χ3n) is 2.46. The molecule has 1 aromatic carbocycles. The Balaban J connectivity index is 3.19. The molecule has 0 radical (unpaired) electrons. The lowest BCUT2D eigenvalue weighted by molar-refractivity contribution is 0.482. The molecular formula is C11H12BrClF2. The summed E-state index contributed by atoms with van der Waals surface area (Å²) in [5.41, 5.74) is 0.372. The predicted molar refractivity (Wildman–Crippen MR) is 62.8 cm³/mol. The highest BCUT2D eigenvalue weighted by Gasteiger charge is 2.24. The van der Waals surface area contributed by atoms with Crippen LogP contribution in [0.15, 0.2) is 12.1 Å². The van der Waals surface area contributed by atoms with E-state index in [-0.39, 0.29) is 10.4 Å². The Bertz CT molecular complexity index is 364. The molecule has 0 aliphatic rings. The van der Waals surface area contributed by atoms with E-state index in [9.17, 15) is 8.78 Å². The minimum Gasteiger partial charge on any atom is -0.204 e. The molecule has 0 heterocycles. The summed E-state index contributed by atoms with van der Waals surface area (Å²) in [6.45, 7) is 3.90. The van der Waals surface area contributed by atoms with Crippen molar-refractivity contribution in [1.29, 1.82) is 0 Å². The Kier molecular flexibility index (Phi) is 4.13. The van der Waals surface area contributed by atoms with Gasteiger partial charge in [-0.25, -0.2) is 8.78 Å². The minimum atomic E-state index is -0.904. The van der Waals surface area contributed by atoms with E-state index in [2.05, 4.69) is 15.9 Å². The summed E-state index contributed by atoms with van der Waals surface area (Å²) >= 11 is 9.23. The molecule has 1 rings (SSSR count). The number of halogens is 4. The van der Waals surface area contributed by atoms with Crippen LogP contribution >= 0.6 is 27.5 Å². The Morgan fingerprint density at radius 3 is 2.33 bits per heavy atom. The summed E-state index contributed by atoms with van der Waals surface area (Å²) in [5, 5.41) is 1.06. The molecular weight excluding hydrogens is 285 g/mol. The Labute approximate surface area is 102 Å². The fourth-order valence-electron chi connectivity index (χ4n) is 1.41. The van der Waals surface area contributed by atoms with Crippen LogP contribution in [0.1, 0.15) is 25.8 Å². The molecule has 84 valence electrons. The smallest absolute Gasteiger partial charge is 0.160 e. The summed E-state index contributed by atoms with van der Waals surface area (Å²) < 4.78 is 25.9. The molecule has 0 spiro atoms. The van der Waals surface area contributed by atoms with Gasteiger partial charge < -0.3 is 0 Å². The summed E-state index contributed by atoms with van der Waals surface area (Å²) in [4.78, 5) is 0. The van der Waals surface area contributed by atoms with Gasteiger partial charge in [-0.3, -0.25) is 0 Å². The zero-order chi connectivity index (χ0) is 11.6. The van der Waals surface area contributed by atoms with Crippen LogP contribution in [0.2, 0.25) is 5.02 Å². The molecule has 0 bridgehead atoms. The first-order chi connectivity index (χ1) is 6.88. The highest BCUT2D eigenvalue weighted by Crippen LogP contribution is 2.34. The summed E-state index contributed by atoms with van der Waals surface area (Å²) in [5.74, 6) is -1.75. The van der Waals surface area contributed by atoms with Gasteiger partial charge in [0.2, 0.25) is 0 Å². The number of benzene rings is 1. The van der Waals surface area contributed by atoms with E-state index < -0.39 is 11.6 Å². The van der Waals surface area contributed by atoms with Crippen molar-refractivity contribution in [2.45, 2.75) is 25.7 Å². The Morgan fingerprint density at radius 2 is 1.80 bits per heavy atom. The molecule has 0 aliphatic carbocycles. The van der Waals surface area contributed by atoms with Gasteiger partial charge in [0.25, 0.3) is 0 Å². The zero-order valence-corrected chi connectivity index (χ0v) is 10.9. The van der Waals surface area contributed by atoms with Gasteiger partial charge in [0.05, 0.1) is 0 Å². The monoisotopic (exact) mass is 296 g/mol. The Hall–Kier alpha value is -0.150. The second-order valence-corrected chi connectivity index (χ2v) is 5.27. The van der Waals surface area contributed by atoms with Crippen LogP contribution in [-0.2, 0) is 5.41 Å². The van der Waals surface area contributed by atoms with E-state index in [1.54, 1.807) is 0 Å². The number of alkyl halides is 1. The molecule has 0 aromatic heterocycles. The zero-order valence-electron chi connectivity index (χ0n) is 8.58. The maximum absolute atomic E-state index is 13.1. The fraction of sp³-hybridized carbons (Fsp3) is 0.455. The number of hydrogen-bond donors (Lipinski definition) is 0. The fourth-order valence-corrected chi connectivity index (χ4v) is 2.81. The van der Waals surface area contributed by atoms with Crippen LogP contribution in [-0.4, -0.2) is 5.33 Å². The molecule has 0 N–H and O–H groups in total. The van der Waals surface area contributed by atoms with Crippen LogP contribution in [0, 0.1) is 11.6 Å². The van der Waals surface area contributed by atoms with E-state index in [0.717, 1.165) is 17.8 Å². The van der Waals surface area contributed by atoms with Crippen molar-refractivity contribution in [2.75, 3.05) is 5.33 Å². The normalized spacial score (nSPS) is 11.9. The lowest BCUT2D eigenvalue weighted by atomic mass is 9.82. The van der Waals surface area contributed by atoms with Crippen molar-refractivity contribution < 1.29 is 8.78 Å². The summed E-state index contributed by atoms with van der Waals surface area (Å²) in [7, 11) is 0. The van der Waals surface area contributed by atoms with Crippen LogP contribution in [0.5, 0.6) is 0 Å². The molecule has 0 amide bonds. The molecule has 0 nitrogen and oxygen atoms in total. The van der Waals surface area contributed by atoms with Gasteiger partial charge in [-0.15, -0.1) is 0 Å². The van der Waals surface area contributed by atoms with Crippen molar-refractivity contribution in [3.05, 3.63) is 34.4 Å². The second-order valence-electron chi connectivity index (χ2n) is 4.07. The molecule has 1 aromatic rings. The quantitative estimate of drug-likeness (QED) is 0.561. The third kappa shape index (κ3) is 2.91. The summed E-state index contributed by atoms with van der Waals surface area (Å²) in [6, 6.07) is 2.21. The van der Waals surface area contributed by atoms with E-state index in [0.29, 0.717) is 5.56 Å². The lowest BCUT2D eigenvalue weighted by Crippen LogP contribution is -2.18. The molecule has 0 unspecified atom stereocenters. The first-order valence-corrected chi connectivity index (χ1v) is 6.09. The molecule has 0 saturated heterocycles. The molecule has 0 atom stereocenters. The van der Waals surface area contributed by atoms with Gasteiger partial charge in [0, 0.05) is 10.4 Å². The standard InChI is InChI=1S/C11H12BrClF2/c1-11(2,3-4-12)7-5-9(14)10(15)6-8(7)13/h5-6H,3-4H2,1-2H3. The molecule has 0 fully saturated rings. The van der Waals surface area contributed by atoms with E-state index in [4.69, 9.17) is 11.6 Å². The maximum atomic E-state index is 13.1. The highest BCUT2D eigenvalue weighted by atomic mass is 79.9. The third-order valence-corrected chi connectivity index (χ3v) is 3.17. The minimum absolute atomic E-state index is 0.269. The van der Waals surface area contributed by atoms with Crippen molar-refractivity contribution >= 4 is 27.5 Å². The summed E-state index contributed by atoms with van der Waals surface area (Å²) in [6.07, 6.45) is 0.803.